The van der Waals surface area contributed by atoms with Crippen molar-refractivity contribution in [2.24, 2.45) is 5.92 Å². The third-order valence-corrected chi connectivity index (χ3v) is 5.72. The van der Waals surface area contributed by atoms with Crippen LogP contribution >= 0.6 is 33.9 Å². The normalized spacial score (nSPS) is 26.7. The van der Waals surface area contributed by atoms with Gasteiger partial charge in [-0.2, -0.15) is 5.26 Å². The Balaban J connectivity index is 2.04. The second kappa shape index (κ2) is 6.23. The third-order valence-electron chi connectivity index (χ3n) is 3.93. The molecule has 0 atom stereocenters. The lowest BCUT2D eigenvalue weighted by Crippen LogP contribution is -2.49. The molecule has 5 heteroatoms. The molecule has 1 amide bonds. The van der Waals surface area contributed by atoms with Crippen LogP contribution in [-0.4, -0.2) is 11.4 Å². The van der Waals surface area contributed by atoms with Crippen LogP contribution in [0, 0.1) is 20.1 Å². The van der Waals surface area contributed by atoms with Gasteiger partial charge in [0.1, 0.15) is 5.54 Å². The van der Waals surface area contributed by atoms with E-state index in [2.05, 4.69) is 40.9 Å². The van der Waals surface area contributed by atoms with Gasteiger partial charge in [0.05, 0.1) is 14.5 Å². The first-order valence-corrected chi connectivity index (χ1v) is 8.52. The summed E-state index contributed by atoms with van der Waals surface area (Å²) in [4.78, 5) is 12.2. The van der Waals surface area contributed by atoms with E-state index >= 15 is 0 Å². The predicted molar refractivity (Wildman–Crippen MR) is 85.1 cm³/mol. The molecule has 19 heavy (non-hydrogen) atoms. The van der Waals surface area contributed by atoms with Crippen molar-refractivity contribution >= 4 is 39.8 Å². The van der Waals surface area contributed by atoms with E-state index in [0.717, 1.165) is 35.0 Å². The molecule has 1 aliphatic rings. The molecule has 1 aromatic rings. The summed E-state index contributed by atoms with van der Waals surface area (Å²) in [5.41, 5.74) is 0.0116. The van der Waals surface area contributed by atoms with E-state index < -0.39 is 5.54 Å². The zero-order chi connectivity index (χ0) is 13.9. The molecule has 3 nitrogen and oxygen atoms in total. The fraction of sp³-hybridized carbons (Fsp3) is 0.571. The van der Waals surface area contributed by atoms with E-state index in [9.17, 15) is 10.1 Å². The monoisotopic (exact) mass is 388 g/mol. The number of hydrogen-bond donors (Lipinski definition) is 1. The number of nitrogens with one attached hydrogen (secondary N) is 1. The van der Waals surface area contributed by atoms with Crippen molar-refractivity contribution in [3.63, 3.8) is 0 Å². The van der Waals surface area contributed by atoms with Gasteiger partial charge in [-0.05, 0) is 60.3 Å². The summed E-state index contributed by atoms with van der Waals surface area (Å²) in [7, 11) is 0. The minimum atomic E-state index is -0.657. The van der Waals surface area contributed by atoms with Crippen LogP contribution < -0.4 is 5.32 Å². The maximum absolute atomic E-state index is 12.2. The molecule has 0 aromatic carbocycles. The Morgan fingerprint density at radius 1 is 1.63 bits per heavy atom. The first kappa shape index (κ1) is 14.8. The summed E-state index contributed by atoms with van der Waals surface area (Å²) in [6.45, 7) is 2.19. The first-order valence-electron chi connectivity index (χ1n) is 6.56. The van der Waals surface area contributed by atoms with Gasteiger partial charge in [-0.3, -0.25) is 4.79 Å². The number of thiophene rings is 1. The summed E-state index contributed by atoms with van der Waals surface area (Å²) in [6, 6.07) is 4.20. The molecular formula is C14H17IN2OS. The molecule has 0 saturated heterocycles. The van der Waals surface area contributed by atoms with Gasteiger partial charge in [0.15, 0.2) is 0 Å². The maximum atomic E-state index is 12.2. The lowest BCUT2D eigenvalue weighted by molar-refractivity contribution is 0.0891. The number of hydrogen-bond acceptors (Lipinski definition) is 3. The second-order valence-corrected chi connectivity index (χ2v) is 7.94. The Morgan fingerprint density at radius 3 is 2.79 bits per heavy atom. The average molecular weight is 388 g/mol. The number of carbonyl (C=O) groups excluding carboxylic acids is 1. The van der Waals surface area contributed by atoms with Crippen molar-refractivity contribution in [2.75, 3.05) is 0 Å². The Bertz CT molecular complexity index is 498. The molecule has 2 rings (SSSR count). The van der Waals surface area contributed by atoms with Crippen molar-refractivity contribution < 1.29 is 4.79 Å². The van der Waals surface area contributed by atoms with E-state index in [0.29, 0.717) is 11.5 Å². The van der Waals surface area contributed by atoms with Gasteiger partial charge in [0, 0.05) is 5.38 Å². The summed E-state index contributed by atoms with van der Waals surface area (Å²) in [5, 5.41) is 14.2. The number of rotatable bonds is 3. The van der Waals surface area contributed by atoms with Gasteiger partial charge in [-0.25, -0.2) is 0 Å². The van der Waals surface area contributed by atoms with Crippen molar-refractivity contribution in [3.8, 4) is 6.07 Å². The van der Waals surface area contributed by atoms with Crippen LogP contribution in [0.25, 0.3) is 0 Å². The zero-order valence-corrected chi connectivity index (χ0v) is 13.9. The maximum Gasteiger partial charge on any atom is 0.253 e. The Hall–Kier alpha value is -0.610. The number of halogens is 1. The van der Waals surface area contributed by atoms with Gasteiger partial charge >= 0.3 is 0 Å². The molecule has 1 aliphatic carbocycles. The molecule has 102 valence electrons. The van der Waals surface area contributed by atoms with Crippen LogP contribution in [0.4, 0.5) is 0 Å². The molecule has 0 aliphatic heterocycles. The van der Waals surface area contributed by atoms with Crippen molar-refractivity contribution in [2.45, 2.75) is 44.6 Å². The van der Waals surface area contributed by atoms with Gasteiger partial charge in [-0.15, -0.1) is 11.3 Å². The lowest BCUT2D eigenvalue weighted by Gasteiger charge is -2.35. The Morgan fingerprint density at radius 2 is 2.32 bits per heavy atom. The lowest BCUT2D eigenvalue weighted by atomic mass is 9.76. The molecular weight excluding hydrogens is 371 g/mol. The summed E-state index contributed by atoms with van der Waals surface area (Å²) < 4.78 is 1.09. The molecule has 1 saturated carbocycles. The fourth-order valence-corrected chi connectivity index (χ4v) is 3.89. The van der Waals surface area contributed by atoms with Crippen LogP contribution in [0.3, 0.4) is 0 Å². The quantitative estimate of drug-likeness (QED) is 0.798. The van der Waals surface area contributed by atoms with Gasteiger partial charge in [0.2, 0.25) is 0 Å². The van der Waals surface area contributed by atoms with E-state index in [1.165, 1.54) is 0 Å². The number of nitrogens with zero attached hydrogens (tertiary/aromatic N) is 1. The van der Waals surface area contributed by atoms with Gasteiger partial charge < -0.3 is 5.32 Å². The SMILES string of the molecule is CCC1CCC(C#N)(NC(=O)c2csc(I)c2)CC1. The van der Waals surface area contributed by atoms with Crippen LogP contribution in [0.1, 0.15) is 49.4 Å². The Kier molecular flexibility index (Phi) is 4.85. The fourth-order valence-electron chi connectivity index (χ4n) is 2.56. The summed E-state index contributed by atoms with van der Waals surface area (Å²) in [6.07, 6.45) is 4.78. The van der Waals surface area contributed by atoms with Crippen LogP contribution in [-0.2, 0) is 0 Å². The summed E-state index contributed by atoms with van der Waals surface area (Å²) >= 11 is 3.75. The number of nitriles is 1. The topological polar surface area (TPSA) is 52.9 Å². The minimum absolute atomic E-state index is 0.115. The molecule has 1 N–H and O–H groups in total. The third kappa shape index (κ3) is 3.48. The van der Waals surface area contributed by atoms with Crippen molar-refractivity contribution in [1.29, 1.82) is 5.26 Å². The van der Waals surface area contributed by atoms with Gasteiger partial charge in [0.25, 0.3) is 5.91 Å². The van der Waals surface area contributed by atoms with Crippen molar-refractivity contribution in [1.82, 2.24) is 5.32 Å². The standard InChI is InChI=1S/C14H17IN2OS/c1-2-10-3-5-14(9-16,6-4-10)17-13(18)11-7-12(15)19-8-11/h7-8,10H,2-6H2,1H3,(H,17,18). The second-order valence-electron chi connectivity index (χ2n) is 5.14. The van der Waals surface area contributed by atoms with E-state index in [1.54, 1.807) is 11.3 Å². The highest BCUT2D eigenvalue weighted by molar-refractivity contribution is 14.1. The summed E-state index contributed by atoms with van der Waals surface area (Å²) in [5.74, 6) is 0.594. The zero-order valence-electron chi connectivity index (χ0n) is 10.9. The van der Waals surface area contributed by atoms with E-state index in [4.69, 9.17) is 0 Å². The largest absolute Gasteiger partial charge is 0.334 e. The molecule has 0 bridgehead atoms. The molecule has 0 spiro atoms. The number of amides is 1. The van der Waals surface area contributed by atoms with E-state index in [-0.39, 0.29) is 5.91 Å². The van der Waals surface area contributed by atoms with Crippen LogP contribution in [0.2, 0.25) is 0 Å². The molecule has 1 heterocycles. The molecule has 0 radical (unpaired) electrons. The first-order chi connectivity index (χ1) is 9.08. The highest BCUT2D eigenvalue weighted by Gasteiger charge is 2.36. The molecule has 1 aromatic heterocycles. The smallest absolute Gasteiger partial charge is 0.253 e. The molecule has 1 fully saturated rings. The minimum Gasteiger partial charge on any atom is -0.334 e. The van der Waals surface area contributed by atoms with E-state index in [1.807, 2.05) is 11.4 Å². The highest BCUT2D eigenvalue weighted by atomic mass is 127. The Labute approximate surface area is 131 Å². The van der Waals surface area contributed by atoms with Crippen molar-refractivity contribution in [3.05, 3.63) is 19.9 Å². The molecule has 0 unspecified atom stereocenters. The average Bonchev–Trinajstić information content (AvgIpc) is 2.86. The predicted octanol–water partition coefficient (Wildman–Crippen LogP) is 3.95. The van der Waals surface area contributed by atoms with Gasteiger partial charge in [-0.1, -0.05) is 13.3 Å². The highest BCUT2D eigenvalue weighted by Crippen LogP contribution is 2.33. The number of carbonyl (C=O) groups is 1. The van der Waals surface area contributed by atoms with Crippen LogP contribution in [0.5, 0.6) is 0 Å². The van der Waals surface area contributed by atoms with Crippen LogP contribution in [0.15, 0.2) is 11.4 Å².